The molecule has 0 fully saturated rings. The number of benzene rings is 1. The maximum absolute atomic E-state index is 10.6. The van der Waals surface area contributed by atoms with Crippen molar-refractivity contribution in [2.45, 2.75) is 13.5 Å². The monoisotopic (exact) mass is 192 g/mol. The minimum Gasteiger partial charge on any atom is -0.391 e. The third-order valence-corrected chi connectivity index (χ3v) is 1.93. The highest BCUT2D eigenvalue weighted by Gasteiger charge is 2.16. The normalized spacial score (nSPS) is 9.50. The second-order valence-corrected chi connectivity index (χ2v) is 2.82. The summed E-state index contributed by atoms with van der Waals surface area (Å²) in [5, 5.41) is 28.1. The highest BCUT2D eigenvalue weighted by Crippen LogP contribution is 2.23. The Kier molecular flexibility index (Phi) is 2.79. The lowest BCUT2D eigenvalue weighted by molar-refractivity contribution is -0.385. The molecule has 0 aliphatic rings. The molecular formula is C9H8N2O3. The number of nitrogens with zero attached hydrogens (tertiary/aromatic N) is 2. The fourth-order valence-corrected chi connectivity index (χ4v) is 1.23. The molecule has 1 aromatic carbocycles. The molecule has 5 heteroatoms. The minimum absolute atomic E-state index is 0.205. The van der Waals surface area contributed by atoms with E-state index >= 15 is 0 Å². The van der Waals surface area contributed by atoms with Crippen molar-refractivity contribution in [2.75, 3.05) is 0 Å². The van der Waals surface area contributed by atoms with Gasteiger partial charge in [0.15, 0.2) is 0 Å². The van der Waals surface area contributed by atoms with Crippen LogP contribution in [0.5, 0.6) is 0 Å². The lowest BCUT2D eigenvalue weighted by Gasteiger charge is -2.03. The Morgan fingerprint density at radius 2 is 2.29 bits per heavy atom. The van der Waals surface area contributed by atoms with Gasteiger partial charge in [-0.2, -0.15) is 5.26 Å². The summed E-state index contributed by atoms with van der Waals surface area (Å²) in [6.45, 7) is 1.23. The molecule has 0 heterocycles. The molecule has 0 saturated heterocycles. The van der Waals surface area contributed by atoms with E-state index in [1.54, 1.807) is 6.92 Å². The van der Waals surface area contributed by atoms with Gasteiger partial charge in [0.25, 0.3) is 5.69 Å². The fourth-order valence-electron chi connectivity index (χ4n) is 1.23. The smallest absolute Gasteiger partial charge is 0.276 e. The van der Waals surface area contributed by atoms with Gasteiger partial charge in [-0.3, -0.25) is 10.1 Å². The van der Waals surface area contributed by atoms with Gasteiger partial charge in [-0.25, -0.2) is 0 Å². The van der Waals surface area contributed by atoms with E-state index in [-0.39, 0.29) is 16.8 Å². The molecule has 0 spiro atoms. The Labute approximate surface area is 80.4 Å². The molecule has 0 aromatic heterocycles. The number of nitro groups is 1. The first-order chi connectivity index (χ1) is 6.60. The molecule has 1 aromatic rings. The van der Waals surface area contributed by atoms with Gasteiger partial charge in [0, 0.05) is 6.07 Å². The van der Waals surface area contributed by atoms with Crippen molar-refractivity contribution in [2.24, 2.45) is 0 Å². The molecule has 0 bridgehead atoms. The molecule has 0 atom stereocenters. The van der Waals surface area contributed by atoms with Gasteiger partial charge >= 0.3 is 0 Å². The fraction of sp³-hybridized carbons (Fsp3) is 0.222. The number of aryl methyl sites for hydroxylation is 1. The minimum atomic E-state index is -0.598. The molecule has 0 aliphatic heterocycles. The Morgan fingerprint density at radius 1 is 1.64 bits per heavy atom. The van der Waals surface area contributed by atoms with Crippen molar-refractivity contribution in [3.8, 4) is 6.07 Å². The average molecular weight is 192 g/mol. The number of rotatable bonds is 2. The average Bonchev–Trinajstić information content (AvgIpc) is 2.16. The van der Waals surface area contributed by atoms with Gasteiger partial charge in [-0.05, 0) is 18.6 Å². The van der Waals surface area contributed by atoms with E-state index in [4.69, 9.17) is 10.4 Å². The predicted octanol–water partition coefficient (Wildman–Crippen LogP) is 1.27. The summed E-state index contributed by atoms with van der Waals surface area (Å²) in [5.74, 6) is 0. The first-order valence-electron chi connectivity index (χ1n) is 3.89. The number of aliphatic hydroxyl groups excluding tert-OH is 1. The Hall–Kier alpha value is -1.93. The van der Waals surface area contributed by atoms with Gasteiger partial charge in [0.1, 0.15) is 0 Å². The van der Waals surface area contributed by atoms with Crippen molar-refractivity contribution in [1.29, 1.82) is 5.26 Å². The Bertz CT molecular complexity index is 421. The van der Waals surface area contributed by atoms with Crippen LogP contribution in [0, 0.1) is 28.4 Å². The standard InChI is InChI=1S/C9H8N2O3/c1-6-2-7(4-10)3-9(11(13)14)8(6)5-12/h2-3,12H,5H2,1H3. The molecule has 0 unspecified atom stereocenters. The van der Waals surface area contributed by atoms with E-state index in [0.29, 0.717) is 5.56 Å². The zero-order valence-corrected chi connectivity index (χ0v) is 7.52. The van der Waals surface area contributed by atoms with Crippen molar-refractivity contribution < 1.29 is 10.0 Å². The van der Waals surface area contributed by atoms with Crippen LogP contribution in [-0.2, 0) is 6.61 Å². The van der Waals surface area contributed by atoms with E-state index in [2.05, 4.69) is 0 Å². The van der Waals surface area contributed by atoms with Gasteiger partial charge in [0.05, 0.1) is 28.7 Å². The predicted molar refractivity (Wildman–Crippen MR) is 48.5 cm³/mol. The van der Waals surface area contributed by atoms with Gasteiger partial charge in [0.2, 0.25) is 0 Å². The molecule has 0 saturated carbocycles. The number of nitriles is 1. The Morgan fingerprint density at radius 3 is 2.71 bits per heavy atom. The van der Waals surface area contributed by atoms with Crippen molar-refractivity contribution in [3.05, 3.63) is 38.9 Å². The zero-order valence-electron chi connectivity index (χ0n) is 7.52. The number of hydrogen-bond acceptors (Lipinski definition) is 4. The molecule has 0 radical (unpaired) electrons. The van der Waals surface area contributed by atoms with Crippen molar-refractivity contribution >= 4 is 5.69 Å². The number of aliphatic hydroxyl groups is 1. The third-order valence-electron chi connectivity index (χ3n) is 1.93. The first kappa shape index (κ1) is 10.2. The van der Waals surface area contributed by atoms with Crippen LogP contribution in [0.2, 0.25) is 0 Å². The second-order valence-electron chi connectivity index (χ2n) is 2.82. The maximum Gasteiger partial charge on any atom is 0.276 e. The van der Waals surface area contributed by atoms with Crippen LogP contribution in [-0.4, -0.2) is 10.0 Å². The molecular weight excluding hydrogens is 184 g/mol. The van der Waals surface area contributed by atoms with Crippen LogP contribution in [0.25, 0.3) is 0 Å². The first-order valence-corrected chi connectivity index (χ1v) is 3.89. The number of hydrogen-bond donors (Lipinski definition) is 1. The third kappa shape index (κ3) is 1.70. The van der Waals surface area contributed by atoms with Crippen LogP contribution < -0.4 is 0 Å². The van der Waals surface area contributed by atoms with Crippen molar-refractivity contribution in [1.82, 2.24) is 0 Å². The summed E-state index contributed by atoms with van der Waals surface area (Å²) in [6, 6.07) is 4.51. The van der Waals surface area contributed by atoms with Crippen LogP contribution in [0.4, 0.5) is 5.69 Å². The molecule has 0 amide bonds. The van der Waals surface area contributed by atoms with Gasteiger partial charge in [-0.1, -0.05) is 0 Å². The van der Waals surface area contributed by atoms with Crippen LogP contribution >= 0.6 is 0 Å². The topological polar surface area (TPSA) is 87.2 Å². The molecule has 1 N–H and O–H groups in total. The second kappa shape index (κ2) is 3.85. The zero-order chi connectivity index (χ0) is 10.7. The molecule has 72 valence electrons. The highest BCUT2D eigenvalue weighted by atomic mass is 16.6. The maximum atomic E-state index is 10.6. The largest absolute Gasteiger partial charge is 0.391 e. The summed E-state index contributed by atoms with van der Waals surface area (Å²) in [5.41, 5.74) is 0.836. The van der Waals surface area contributed by atoms with Crippen LogP contribution in [0.3, 0.4) is 0 Å². The Balaban J connectivity index is 3.45. The summed E-state index contributed by atoms with van der Waals surface area (Å²) in [6.07, 6.45) is 0. The summed E-state index contributed by atoms with van der Waals surface area (Å²) >= 11 is 0. The summed E-state index contributed by atoms with van der Waals surface area (Å²) in [7, 11) is 0. The van der Waals surface area contributed by atoms with Gasteiger partial charge in [-0.15, -0.1) is 0 Å². The lowest BCUT2D eigenvalue weighted by Crippen LogP contribution is -1.99. The number of nitro benzene ring substituents is 1. The molecule has 0 aliphatic carbocycles. The molecule has 14 heavy (non-hydrogen) atoms. The van der Waals surface area contributed by atoms with E-state index in [1.165, 1.54) is 12.1 Å². The summed E-state index contributed by atoms with van der Waals surface area (Å²) < 4.78 is 0. The molecule has 1 rings (SSSR count). The summed E-state index contributed by atoms with van der Waals surface area (Å²) in [4.78, 5) is 9.99. The van der Waals surface area contributed by atoms with Crippen LogP contribution in [0.15, 0.2) is 12.1 Å². The van der Waals surface area contributed by atoms with E-state index in [9.17, 15) is 10.1 Å². The quantitative estimate of drug-likeness (QED) is 0.564. The lowest BCUT2D eigenvalue weighted by atomic mass is 10.0. The molecule has 5 nitrogen and oxygen atoms in total. The van der Waals surface area contributed by atoms with Gasteiger partial charge < -0.3 is 5.11 Å². The SMILES string of the molecule is Cc1cc(C#N)cc([N+](=O)[O-])c1CO. The van der Waals surface area contributed by atoms with E-state index < -0.39 is 11.5 Å². The highest BCUT2D eigenvalue weighted by molar-refractivity contribution is 5.51. The van der Waals surface area contributed by atoms with Crippen molar-refractivity contribution in [3.63, 3.8) is 0 Å². The van der Waals surface area contributed by atoms with Crippen LogP contribution in [0.1, 0.15) is 16.7 Å². The van der Waals surface area contributed by atoms with E-state index in [1.807, 2.05) is 6.07 Å². The van der Waals surface area contributed by atoms with E-state index in [0.717, 1.165) is 0 Å².